The van der Waals surface area contributed by atoms with Crippen LogP contribution < -0.4 is 5.01 Å². The lowest BCUT2D eigenvalue weighted by Crippen LogP contribution is -2.43. The molecule has 2 aliphatic rings. The number of carbonyl (C=O) groups excluding carboxylic acids is 2. The quantitative estimate of drug-likeness (QED) is 0.809. The number of para-hydroxylation sites is 1. The van der Waals surface area contributed by atoms with Crippen LogP contribution in [0, 0.1) is 5.92 Å². The minimum absolute atomic E-state index is 0.0555. The number of aliphatic carboxylic acids is 1. The molecule has 1 amide bonds. The number of carboxylic acids is 1. The van der Waals surface area contributed by atoms with Crippen LogP contribution in [-0.4, -0.2) is 59.8 Å². The van der Waals surface area contributed by atoms with Gasteiger partial charge >= 0.3 is 11.9 Å². The fourth-order valence-corrected chi connectivity index (χ4v) is 3.32. The van der Waals surface area contributed by atoms with E-state index in [2.05, 4.69) is 5.10 Å². The smallest absolute Gasteiger partial charge is 0.328 e. The van der Waals surface area contributed by atoms with Crippen molar-refractivity contribution in [2.24, 2.45) is 11.0 Å². The number of hydrazone groups is 1. The van der Waals surface area contributed by atoms with E-state index in [1.807, 2.05) is 6.07 Å². The van der Waals surface area contributed by atoms with Gasteiger partial charge in [-0.05, 0) is 25.0 Å². The van der Waals surface area contributed by atoms with Crippen molar-refractivity contribution in [1.29, 1.82) is 0 Å². The largest absolute Gasteiger partial charge is 0.480 e. The second-order valence-electron chi connectivity index (χ2n) is 6.37. The van der Waals surface area contributed by atoms with Gasteiger partial charge in [-0.3, -0.25) is 14.6 Å². The molecule has 1 saturated heterocycles. The van der Waals surface area contributed by atoms with Crippen LogP contribution >= 0.6 is 0 Å². The Labute approximate surface area is 151 Å². The van der Waals surface area contributed by atoms with Gasteiger partial charge in [-0.1, -0.05) is 18.2 Å². The van der Waals surface area contributed by atoms with Gasteiger partial charge in [0.05, 0.1) is 18.7 Å². The summed E-state index contributed by atoms with van der Waals surface area (Å²) in [6.07, 6.45) is 1.13. The zero-order chi connectivity index (χ0) is 18.7. The van der Waals surface area contributed by atoms with Crippen LogP contribution in [0.1, 0.15) is 19.3 Å². The number of hydrogen-bond acceptors (Lipinski definition) is 6. The lowest BCUT2D eigenvalue weighted by atomic mass is 9.96. The Morgan fingerprint density at radius 2 is 1.81 bits per heavy atom. The highest BCUT2D eigenvalue weighted by Crippen LogP contribution is 2.26. The molecule has 0 radical (unpaired) electrons. The molecule has 1 fully saturated rings. The van der Waals surface area contributed by atoms with E-state index in [9.17, 15) is 19.5 Å². The number of carboxylic acid groups (broad SMARTS) is 1. The first-order valence-electron chi connectivity index (χ1n) is 8.53. The lowest BCUT2D eigenvalue weighted by Gasteiger charge is -2.30. The fraction of sp³-hybridized carbons (Fsp3) is 0.444. The maximum atomic E-state index is 12.8. The molecule has 0 bridgehead atoms. The fourth-order valence-electron chi connectivity index (χ4n) is 3.32. The van der Waals surface area contributed by atoms with Crippen molar-refractivity contribution in [3.05, 3.63) is 30.3 Å². The van der Waals surface area contributed by atoms with Gasteiger partial charge in [-0.15, -0.1) is 0 Å². The minimum atomic E-state index is -1.02. The van der Waals surface area contributed by atoms with Gasteiger partial charge in [-0.2, -0.15) is 5.10 Å². The number of carbonyl (C=O) groups is 3. The third kappa shape index (κ3) is 3.54. The number of piperidine rings is 1. The number of benzene rings is 1. The first kappa shape index (κ1) is 17.9. The summed E-state index contributed by atoms with van der Waals surface area (Å²) in [5.74, 6) is -1.73. The van der Waals surface area contributed by atoms with Crippen LogP contribution in [0.3, 0.4) is 0 Å². The van der Waals surface area contributed by atoms with Gasteiger partial charge in [0, 0.05) is 19.5 Å². The number of likely N-dealkylation sites (tertiary alicyclic amines) is 1. The van der Waals surface area contributed by atoms with Gasteiger partial charge in [0.25, 0.3) is 5.91 Å². The summed E-state index contributed by atoms with van der Waals surface area (Å²) < 4.78 is 4.75. The number of rotatable bonds is 4. The molecule has 2 heterocycles. The Bertz CT molecular complexity index is 726. The summed E-state index contributed by atoms with van der Waals surface area (Å²) >= 11 is 0. The van der Waals surface area contributed by atoms with Gasteiger partial charge in [0.1, 0.15) is 5.71 Å². The Morgan fingerprint density at radius 3 is 2.38 bits per heavy atom. The van der Waals surface area contributed by atoms with E-state index in [0.29, 0.717) is 31.6 Å². The zero-order valence-electron chi connectivity index (χ0n) is 14.5. The SMILES string of the molecule is COC(=O)C1CCN(C(=O)C2=NN(c3ccccc3)C(C(=O)O)C2)CC1. The van der Waals surface area contributed by atoms with E-state index in [4.69, 9.17) is 4.74 Å². The van der Waals surface area contributed by atoms with E-state index < -0.39 is 12.0 Å². The van der Waals surface area contributed by atoms with Crippen molar-refractivity contribution in [3.8, 4) is 0 Å². The Hall–Kier alpha value is -2.90. The molecule has 1 N–H and O–H groups in total. The average Bonchev–Trinajstić information content (AvgIpc) is 3.13. The normalized spacial score (nSPS) is 20.7. The molecule has 8 nitrogen and oxygen atoms in total. The lowest BCUT2D eigenvalue weighted by molar-refractivity contribution is -0.148. The van der Waals surface area contributed by atoms with Crippen molar-refractivity contribution in [1.82, 2.24) is 4.90 Å². The third-order valence-electron chi connectivity index (χ3n) is 4.78. The molecule has 3 rings (SSSR count). The van der Waals surface area contributed by atoms with Gasteiger partial charge in [0.2, 0.25) is 0 Å². The van der Waals surface area contributed by atoms with Crippen LogP contribution in [0.4, 0.5) is 5.69 Å². The van der Waals surface area contributed by atoms with Gasteiger partial charge in [-0.25, -0.2) is 4.79 Å². The van der Waals surface area contributed by atoms with E-state index in [1.165, 1.54) is 12.1 Å². The summed E-state index contributed by atoms with van der Waals surface area (Å²) in [6.45, 7) is 0.862. The summed E-state index contributed by atoms with van der Waals surface area (Å²) in [5, 5.41) is 15.2. The highest BCUT2D eigenvalue weighted by molar-refractivity contribution is 6.40. The molecule has 1 unspecified atom stereocenters. The molecule has 0 spiro atoms. The second-order valence-corrected chi connectivity index (χ2v) is 6.37. The predicted molar refractivity (Wildman–Crippen MR) is 93.7 cm³/mol. The number of amides is 1. The maximum absolute atomic E-state index is 12.8. The third-order valence-corrected chi connectivity index (χ3v) is 4.78. The Kier molecular flexibility index (Phi) is 5.20. The average molecular weight is 359 g/mol. The molecular weight excluding hydrogens is 338 g/mol. The standard InChI is InChI=1S/C18H21N3O5/c1-26-18(25)12-7-9-20(10-8-12)16(22)14-11-15(17(23)24)21(19-14)13-5-3-2-4-6-13/h2-6,12,15H,7-11H2,1H3,(H,23,24). The molecular formula is C18H21N3O5. The van der Waals surface area contributed by atoms with Crippen molar-refractivity contribution >= 4 is 29.2 Å². The molecule has 8 heteroatoms. The number of methoxy groups -OCH3 is 1. The maximum Gasteiger partial charge on any atom is 0.328 e. The molecule has 0 aliphatic carbocycles. The molecule has 138 valence electrons. The Morgan fingerprint density at radius 1 is 1.15 bits per heavy atom. The van der Waals surface area contributed by atoms with Crippen LogP contribution in [0.5, 0.6) is 0 Å². The number of nitrogens with zero attached hydrogens (tertiary/aromatic N) is 3. The highest BCUT2D eigenvalue weighted by atomic mass is 16.5. The topological polar surface area (TPSA) is 99.5 Å². The summed E-state index contributed by atoms with van der Waals surface area (Å²) in [6, 6.07) is 8.03. The van der Waals surface area contributed by atoms with E-state index in [0.717, 1.165) is 0 Å². The monoisotopic (exact) mass is 359 g/mol. The van der Waals surface area contributed by atoms with Crippen molar-refractivity contribution in [2.45, 2.75) is 25.3 Å². The molecule has 0 saturated carbocycles. The highest BCUT2D eigenvalue weighted by Gasteiger charge is 2.38. The van der Waals surface area contributed by atoms with E-state index in [1.54, 1.807) is 29.2 Å². The Balaban J connectivity index is 1.72. The summed E-state index contributed by atoms with van der Waals surface area (Å²) in [7, 11) is 1.36. The van der Waals surface area contributed by atoms with Gasteiger partial charge in [0.15, 0.2) is 6.04 Å². The molecule has 1 aromatic rings. The van der Waals surface area contributed by atoms with Crippen LogP contribution in [-0.2, 0) is 19.1 Å². The molecule has 26 heavy (non-hydrogen) atoms. The molecule has 1 aromatic carbocycles. The van der Waals surface area contributed by atoms with E-state index >= 15 is 0 Å². The van der Waals surface area contributed by atoms with Crippen molar-refractivity contribution in [3.63, 3.8) is 0 Å². The molecule has 1 atom stereocenters. The number of esters is 1. The summed E-state index contributed by atoms with van der Waals surface area (Å²) in [4.78, 5) is 37.6. The molecule has 2 aliphatic heterocycles. The summed E-state index contributed by atoms with van der Waals surface area (Å²) in [5.41, 5.74) is 0.866. The second kappa shape index (κ2) is 7.55. The first-order chi connectivity index (χ1) is 12.5. The van der Waals surface area contributed by atoms with E-state index in [-0.39, 0.29) is 29.9 Å². The predicted octanol–water partition coefficient (Wildman–Crippen LogP) is 1.12. The van der Waals surface area contributed by atoms with Crippen LogP contribution in [0.2, 0.25) is 0 Å². The number of hydrogen-bond donors (Lipinski definition) is 1. The van der Waals surface area contributed by atoms with Crippen LogP contribution in [0.25, 0.3) is 0 Å². The molecule has 0 aromatic heterocycles. The van der Waals surface area contributed by atoms with Crippen LogP contribution in [0.15, 0.2) is 35.4 Å². The number of ether oxygens (including phenoxy) is 1. The first-order valence-corrected chi connectivity index (χ1v) is 8.53. The minimum Gasteiger partial charge on any atom is -0.480 e. The zero-order valence-corrected chi connectivity index (χ0v) is 14.5. The number of anilines is 1. The van der Waals surface area contributed by atoms with Gasteiger partial charge < -0.3 is 14.7 Å². The van der Waals surface area contributed by atoms with Crippen molar-refractivity contribution < 1.29 is 24.2 Å². The van der Waals surface area contributed by atoms with Crippen molar-refractivity contribution in [2.75, 3.05) is 25.2 Å².